The van der Waals surface area contributed by atoms with E-state index >= 15 is 0 Å². The highest BCUT2D eigenvalue weighted by Crippen LogP contribution is 2.32. The summed E-state index contributed by atoms with van der Waals surface area (Å²) in [5.41, 5.74) is 2.48. The SMILES string of the molecule is Cc1ccc2c(c1)C(NCC(O)C(C)C)CCCO2. The molecule has 2 N–H and O–H groups in total. The maximum Gasteiger partial charge on any atom is 0.124 e. The third kappa shape index (κ3) is 3.71. The highest BCUT2D eigenvalue weighted by atomic mass is 16.5. The fraction of sp³-hybridized carbons (Fsp3) is 0.625. The molecule has 19 heavy (non-hydrogen) atoms. The predicted octanol–water partition coefficient (Wildman–Crippen LogP) is 2.82. The third-order valence-corrected chi connectivity index (χ3v) is 3.78. The minimum Gasteiger partial charge on any atom is -0.493 e. The lowest BCUT2D eigenvalue weighted by Gasteiger charge is -2.22. The maximum absolute atomic E-state index is 9.94. The molecule has 0 aliphatic carbocycles. The Labute approximate surface area is 116 Å². The van der Waals surface area contributed by atoms with Crippen molar-refractivity contribution in [3.05, 3.63) is 29.3 Å². The van der Waals surface area contributed by atoms with Crippen LogP contribution in [0.2, 0.25) is 0 Å². The van der Waals surface area contributed by atoms with Gasteiger partial charge in [0.15, 0.2) is 0 Å². The second-order valence-corrected chi connectivity index (χ2v) is 5.80. The van der Waals surface area contributed by atoms with Crippen LogP contribution in [0.15, 0.2) is 18.2 Å². The minimum atomic E-state index is -0.294. The van der Waals surface area contributed by atoms with E-state index in [1.807, 2.05) is 13.8 Å². The Bertz CT molecular complexity index is 417. The molecule has 1 aromatic carbocycles. The van der Waals surface area contributed by atoms with E-state index in [0.717, 1.165) is 25.2 Å². The van der Waals surface area contributed by atoms with Gasteiger partial charge in [0.25, 0.3) is 0 Å². The van der Waals surface area contributed by atoms with Crippen molar-refractivity contribution in [2.24, 2.45) is 5.92 Å². The average molecular weight is 263 g/mol. The van der Waals surface area contributed by atoms with Crippen molar-refractivity contribution in [3.63, 3.8) is 0 Å². The molecule has 0 saturated carbocycles. The molecule has 0 radical (unpaired) electrons. The van der Waals surface area contributed by atoms with Gasteiger partial charge in [-0.05, 0) is 31.7 Å². The summed E-state index contributed by atoms with van der Waals surface area (Å²) in [4.78, 5) is 0. The van der Waals surface area contributed by atoms with Crippen LogP contribution in [0.5, 0.6) is 5.75 Å². The van der Waals surface area contributed by atoms with E-state index in [-0.39, 0.29) is 18.1 Å². The highest BCUT2D eigenvalue weighted by Gasteiger charge is 2.20. The van der Waals surface area contributed by atoms with Gasteiger partial charge in [-0.25, -0.2) is 0 Å². The van der Waals surface area contributed by atoms with Gasteiger partial charge in [0, 0.05) is 18.2 Å². The summed E-state index contributed by atoms with van der Waals surface area (Å²) >= 11 is 0. The quantitative estimate of drug-likeness (QED) is 0.877. The van der Waals surface area contributed by atoms with Crippen LogP contribution in [0.25, 0.3) is 0 Å². The number of fused-ring (bicyclic) bond motifs is 1. The Morgan fingerprint density at radius 3 is 2.95 bits per heavy atom. The van der Waals surface area contributed by atoms with Crippen molar-refractivity contribution in [1.82, 2.24) is 5.32 Å². The molecule has 1 aromatic rings. The van der Waals surface area contributed by atoms with Gasteiger partial charge in [0.1, 0.15) is 5.75 Å². The van der Waals surface area contributed by atoms with Gasteiger partial charge in [-0.2, -0.15) is 0 Å². The molecular formula is C16H25NO2. The number of rotatable bonds is 4. The van der Waals surface area contributed by atoms with Crippen molar-refractivity contribution in [2.45, 2.75) is 45.8 Å². The highest BCUT2D eigenvalue weighted by molar-refractivity contribution is 5.39. The number of aliphatic hydroxyl groups excluding tert-OH is 1. The first-order valence-corrected chi connectivity index (χ1v) is 7.22. The molecule has 1 heterocycles. The van der Waals surface area contributed by atoms with Crippen LogP contribution in [0.3, 0.4) is 0 Å². The molecule has 106 valence electrons. The van der Waals surface area contributed by atoms with E-state index in [2.05, 4.69) is 30.4 Å². The molecule has 0 spiro atoms. The van der Waals surface area contributed by atoms with Crippen molar-refractivity contribution in [3.8, 4) is 5.75 Å². The van der Waals surface area contributed by atoms with Gasteiger partial charge in [0.2, 0.25) is 0 Å². The van der Waals surface area contributed by atoms with Crippen LogP contribution in [0, 0.1) is 12.8 Å². The summed E-state index contributed by atoms with van der Waals surface area (Å²) in [6.45, 7) is 7.60. The Balaban J connectivity index is 2.10. The number of ether oxygens (including phenoxy) is 1. The molecule has 1 aliphatic rings. The number of hydrogen-bond acceptors (Lipinski definition) is 3. The first-order valence-electron chi connectivity index (χ1n) is 7.22. The lowest BCUT2D eigenvalue weighted by Crippen LogP contribution is -2.33. The van der Waals surface area contributed by atoms with E-state index in [1.165, 1.54) is 11.1 Å². The maximum atomic E-state index is 9.94. The molecule has 0 amide bonds. The monoisotopic (exact) mass is 263 g/mol. The second-order valence-electron chi connectivity index (χ2n) is 5.80. The first kappa shape index (κ1) is 14.4. The summed E-state index contributed by atoms with van der Waals surface area (Å²) in [6, 6.07) is 6.62. The van der Waals surface area contributed by atoms with Gasteiger partial charge in [-0.15, -0.1) is 0 Å². The molecule has 1 aliphatic heterocycles. The molecule has 0 bridgehead atoms. The Morgan fingerprint density at radius 2 is 2.21 bits per heavy atom. The zero-order chi connectivity index (χ0) is 13.8. The fourth-order valence-electron chi connectivity index (χ4n) is 2.41. The van der Waals surface area contributed by atoms with Gasteiger partial charge >= 0.3 is 0 Å². The summed E-state index contributed by atoms with van der Waals surface area (Å²) in [7, 11) is 0. The Kier molecular flexibility index (Phi) is 4.83. The lowest BCUT2D eigenvalue weighted by atomic mass is 9.99. The van der Waals surface area contributed by atoms with Crippen LogP contribution < -0.4 is 10.1 Å². The average Bonchev–Trinajstić information content (AvgIpc) is 2.57. The first-order chi connectivity index (χ1) is 9.08. The van der Waals surface area contributed by atoms with Crippen LogP contribution in [0.4, 0.5) is 0 Å². The van der Waals surface area contributed by atoms with E-state index in [4.69, 9.17) is 4.74 Å². The Morgan fingerprint density at radius 1 is 1.42 bits per heavy atom. The van der Waals surface area contributed by atoms with Crippen molar-refractivity contribution >= 4 is 0 Å². The summed E-state index contributed by atoms with van der Waals surface area (Å²) in [5.74, 6) is 1.27. The van der Waals surface area contributed by atoms with Gasteiger partial charge in [-0.1, -0.05) is 31.5 Å². The zero-order valence-corrected chi connectivity index (χ0v) is 12.1. The van der Waals surface area contributed by atoms with Crippen molar-refractivity contribution < 1.29 is 9.84 Å². The van der Waals surface area contributed by atoms with Gasteiger partial charge < -0.3 is 15.2 Å². The van der Waals surface area contributed by atoms with Crippen LogP contribution >= 0.6 is 0 Å². The van der Waals surface area contributed by atoms with Crippen LogP contribution in [-0.2, 0) is 0 Å². The minimum absolute atomic E-state index is 0.283. The van der Waals surface area contributed by atoms with Crippen LogP contribution in [-0.4, -0.2) is 24.4 Å². The molecule has 2 unspecified atom stereocenters. The summed E-state index contributed by atoms with van der Waals surface area (Å²) in [6.07, 6.45) is 1.81. The molecule has 0 saturated heterocycles. The van der Waals surface area contributed by atoms with Crippen LogP contribution in [0.1, 0.15) is 43.9 Å². The molecule has 2 atom stereocenters. The summed E-state index contributed by atoms with van der Waals surface area (Å²) < 4.78 is 5.79. The number of aryl methyl sites for hydroxylation is 1. The summed E-state index contributed by atoms with van der Waals surface area (Å²) in [5, 5.41) is 13.4. The smallest absolute Gasteiger partial charge is 0.124 e. The van der Waals surface area contributed by atoms with E-state index < -0.39 is 0 Å². The van der Waals surface area contributed by atoms with Crippen molar-refractivity contribution in [2.75, 3.05) is 13.2 Å². The molecule has 0 fully saturated rings. The van der Waals surface area contributed by atoms with E-state index in [1.54, 1.807) is 0 Å². The lowest BCUT2D eigenvalue weighted by molar-refractivity contribution is 0.119. The molecule has 3 nitrogen and oxygen atoms in total. The topological polar surface area (TPSA) is 41.5 Å². The fourth-order valence-corrected chi connectivity index (χ4v) is 2.41. The van der Waals surface area contributed by atoms with E-state index in [0.29, 0.717) is 6.54 Å². The largest absolute Gasteiger partial charge is 0.493 e. The molecule has 3 heteroatoms. The molecular weight excluding hydrogens is 238 g/mol. The number of hydrogen-bond donors (Lipinski definition) is 2. The van der Waals surface area contributed by atoms with Gasteiger partial charge in [0.05, 0.1) is 12.7 Å². The molecule has 2 rings (SSSR count). The number of nitrogens with one attached hydrogen (secondary N) is 1. The van der Waals surface area contributed by atoms with Gasteiger partial charge in [-0.3, -0.25) is 0 Å². The predicted molar refractivity (Wildman–Crippen MR) is 77.5 cm³/mol. The normalized spacial score (nSPS) is 20.6. The number of benzene rings is 1. The number of aliphatic hydroxyl groups is 1. The Hall–Kier alpha value is -1.06. The zero-order valence-electron chi connectivity index (χ0n) is 12.1. The third-order valence-electron chi connectivity index (χ3n) is 3.78. The molecule has 0 aromatic heterocycles. The van der Waals surface area contributed by atoms with Crippen molar-refractivity contribution in [1.29, 1.82) is 0 Å². The standard InChI is InChI=1S/C16H25NO2/c1-11(2)15(18)10-17-14-5-4-8-19-16-7-6-12(3)9-13(14)16/h6-7,9,11,14-15,17-18H,4-5,8,10H2,1-3H3. The van der Waals surface area contributed by atoms with E-state index in [9.17, 15) is 5.11 Å². The second kappa shape index (κ2) is 6.40.